The Bertz CT molecular complexity index is 32.8. The summed E-state index contributed by atoms with van der Waals surface area (Å²) in [6, 6.07) is 0. The standard InChI is InChI=1S/Ni.H2O3S.7H2O/c;1-4(2)3;;;;;;;/h;(H2,1,2,3);7*1H2/q+2;;;;;;;;/p-2. The minimum Gasteiger partial charge on any atom is -0.784 e. The second-order valence-corrected chi connectivity index (χ2v) is 0.612. The maximum Gasteiger partial charge on any atom is 2.00 e. The van der Waals surface area contributed by atoms with E-state index in [-0.39, 0.29) is 54.8 Å². The topological polar surface area (TPSA) is 284 Å². The number of hydrogen-bond acceptors (Lipinski definition) is 3. The van der Waals surface area contributed by atoms with Crippen molar-refractivity contribution in [3.8, 4) is 0 Å². The average molecular weight is 265 g/mol. The second kappa shape index (κ2) is 111. The van der Waals surface area contributed by atoms with E-state index in [0.29, 0.717) is 0 Å². The molecule has 0 aromatic carbocycles. The summed E-state index contributed by atoms with van der Waals surface area (Å²) in [7, 11) is 0. The molecule has 90 valence electrons. The van der Waals surface area contributed by atoms with E-state index < -0.39 is 11.4 Å². The van der Waals surface area contributed by atoms with Crippen LogP contribution in [0.3, 0.4) is 0 Å². The molecule has 12 heavy (non-hydrogen) atoms. The predicted octanol–water partition coefficient (Wildman–Crippen LogP) is -6.78. The van der Waals surface area contributed by atoms with Gasteiger partial charge in [0.2, 0.25) is 0 Å². The minimum atomic E-state index is -3.11. The quantitative estimate of drug-likeness (QED) is 0.304. The zero-order chi connectivity index (χ0) is 3.58. The summed E-state index contributed by atoms with van der Waals surface area (Å²) in [4.78, 5) is 0. The van der Waals surface area contributed by atoms with Crippen LogP contribution < -0.4 is 0 Å². The van der Waals surface area contributed by atoms with Gasteiger partial charge >= 0.3 is 16.5 Å². The van der Waals surface area contributed by atoms with E-state index >= 15 is 0 Å². The third kappa shape index (κ3) is 11000. The van der Waals surface area contributed by atoms with Crippen LogP contribution in [0, 0.1) is 0 Å². The van der Waals surface area contributed by atoms with E-state index in [2.05, 4.69) is 0 Å². The first-order valence-electron chi connectivity index (χ1n) is 0.500. The fourth-order valence-electron chi connectivity index (χ4n) is 0. The Kier molecular flexibility index (Phi) is 1340. The molecule has 0 bridgehead atoms. The van der Waals surface area contributed by atoms with E-state index in [1.807, 2.05) is 0 Å². The van der Waals surface area contributed by atoms with E-state index in [1.54, 1.807) is 0 Å². The van der Waals surface area contributed by atoms with Crippen LogP contribution >= 0.6 is 0 Å². The molecule has 0 unspecified atom stereocenters. The Morgan fingerprint density at radius 1 is 0.667 bits per heavy atom. The van der Waals surface area contributed by atoms with E-state index in [4.69, 9.17) is 13.3 Å². The van der Waals surface area contributed by atoms with E-state index in [0.717, 1.165) is 0 Å². The van der Waals surface area contributed by atoms with Crippen LogP contribution in [0.4, 0.5) is 0 Å². The zero-order valence-electron chi connectivity index (χ0n) is 5.45. The van der Waals surface area contributed by atoms with E-state index in [9.17, 15) is 0 Å². The van der Waals surface area contributed by atoms with Crippen molar-refractivity contribution < 1.29 is 68.1 Å². The van der Waals surface area contributed by atoms with Gasteiger partial charge in [-0.15, -0.1) is 11.4 Å². The first kappa shape index (κ1) is 145. The Hall–Kier alpha value is 0.284. The maximum atomic E-state index is 8.44. The second-order valence-electron chi connectivity index (χ2n) is 0.204. The summed E-state index contributed by atoms with van der Waals surface area (Å²) in [5.41, 5.74) is 0. The monoisotopic (exact) mass is 264 g/mol. The van der Waals surface area contributed by atoms with Crippen molar-refractivity contribution in [1.29, 1.82) is 0 Å². The van der Waals surface area contributed by atoms with Gasteiger partial charge < -0.3 is 47.4 Å². The Morgan fingerprint density at radius 3 is 0.667 bits per heavy atom. The van der Waals surface area contributed by atoms with Crippen molar-refractivity contribution in [3.63, 3.8) is 0 Å². The SMILES string of the molecule is O.O.O.O.O.O.O.O=S([O-])[O-].[Ni+2]. The Labute approximate surface area is 80.2 Å². The van der Waals surface area contributed by atoms with Crippen LogP contribution in [0.5, 0.6) is 0 Å². The Balaban J connectivity index is -0.00000000161. The molecule has 0 heterocycles. The third-order valence-electron chi connectivity index (χ3n) is 0. The molecule has 0 saturated heterocycles. The first-order valence-corrected chi connectivity index (χ1v) is 1.50. The molecule has 14 N–H and O–H groups in total. The summed E-state index contributed by atoms with van der Waals surface area (Å²) >= 11 is -3.11. The normalized spacial score (nSPS) is 2.92. The smallest absolute Gasteiger partial charge is 0.784 e. The molecule has 0 spiro atoms. The molecule has 0 rings (SSSR count). The molecule has 0 aliphatic rings. The molecule has 0 aromatic heterocycles. The van der Waals surface area contributed by atoms with Gasteiger partial charge in [-0.25, -0.2) is 0 Å². The van der Waals surface area contributed by atoms with Crippen LogP contribution in [0.25, 0.3) is 0 Å². The van der Waals surface area contributed by atoms with Crippen LogP contribution in [0.15, 0.2) is 0 Å². The van der Waals surface area contributed by atoms with Gasteiger partial charge in [-0.1, -0.05) is 0 Å². The van der Waals surface area contributed by atoms with Crippen molar-refractivity contribution in [2.45, 2.75) is 0 Å². The molecule has 12 heteroatoms. The van der Waals surface area contributed by atoms with Crippen LogP contribution in [-0.4, -0.2) is 51.6 Å². The van der Waals surface area contributed by atoms with Gasteiger partial charge in [0.05, 0.1) is 0 Å². The molecule has 0 saturated carbocycles. The molecule has 0 radical (unpaired) electrons. The summed E-state index contributed by atoms with van der Waals surface area (Å²) in [5.74, 6) is 0. The van der Waals surface area contributed by atoms with Crippen LogP contribution in [-0.2, 0) is 27.9 Å². The molecule has 0 aromatic rings. The van der Waals surface area contributed by atoms with Gasteiger partial charge in [0.1, 0.15) is 0 Å². The van der Waals surface area contributed by atoms with Gasteiger partial charge in [-0.05, 0) is 0 Å². The number of hydrogen-bond donors (Lipinski definition) is 0. The molecular formula is H14NiO10S. The molecule has 10 nitrogen and oxygen atoms in total. The molecular weight excluding hydrogens is 251 g/mol. The van der Waals surface area contributed by atoms with Crippen LogP contribution in [0.1, 0.15) is 0 Å². The van der Waals surface area contributed by atoms with Gasteiger partial charge in [0.15, 0.2) is 0 Å². The minimum absolute atomic E-state index is 0. The van der Waals surface area contributed by atoms with Gasteiger partial charge in [0.25, 0.3) is 0 Å². The van der Waals surface area contributed by atoms with Crippen molar-refractivity contribution in [3.05, 3.63) is 0 Å². The van der Waals surface area contributed by atoms with Gasteiger partial charge in [-0.3, -0.25) is 4.21 Å². The largest absolute Gasteiger partial charge is 2.00 e. The van der Waals surface area contributed by atoms with E-state index in [1.165, 1.54) is 0 Å². The summed E-state index contributed by atoms with van der Waals surface area (Å²) in [6.07, 6.45) is 0. The van der Waals surface area contributed by atoms with Crippen LogP contribution in [0.2, 0.25) is 0 Å². The molecule has 0 aliphatic carbocycles. The average Bonchev–Trinajstić information content (AvgIpc) is 0.811. The molecule has 0 aliphatic heterocycles. The van der Waals surface area contributed by atoms with Crippen molar-refractivity contribution in [2.75, 3.05) is 0 Å². The summed E-state index contributed by atoms with van der Waals surface area (Å²) < 4.78 is 25.3. The molecule has 0 atom stereocenters. The van der Waals surface area contributed by atoms with Gasteiger partial charge in [0, 0.05) is 0 Å². The fourth-order valence-corrected chi connectivity index (χ4v) is 0. The summed E-state index contributed by atoms with van der Waals surface area (Å²) in [6.45, 7) is 0. The number of rotatable bonds is 0. The fraction of sp³-hybridized carbons (Fsp3) is 0. The molecule has 0 amide bonds. The molecule has 0 fully saturated rings. The predicted molar refractivity (Wildman–Crippen MR) is 35.0 cm³/mol. The maximum absolute atomic E-state index is 8.44. The van der Waals surface area contributed by atoms with Crippen molar-refractivity contribution >= 4 is 11.4 Å². The van der Waals surface area contributed by atoms with Gasteiger partial charge in [-0.2, -0.15) is 0 Å². The third-order valence-corrected chi connectivity index (χ3v) is 0. The Morgan fingerprint density at radius 2 is 0.667 bits per heavy atom. The zero-order valence-corrected chi connectivity index (χ0v) is 7.25. The van der Waals surface area contributed by atoms with Crippen molar-refractivity contribution in [2.24, 2.45) is 0 Å². The first-order chi connectivity index (χ1) is 1.73. The van der Waals surface area contributed by atoms with Crippen molar-refractivity contribution in [1.82, 2.24) is 0 Å². The summed E-state index contributed by atoms with van der Waals surface area (Å²) in [5, 5.41) is 0.